The van der Waals surface area contributed by atoms with Gasteiger partial charge in [0.15, 0.2) is 4.80 Å². The van der Waals surface area contributed by atoms with Crippen LogP contribution < -0.4 is 4.80 Å². The summed E-state index contributed by atoms with van der Waals surface area (Å²) in [6.45, 7) is 6.13. The first-order valence-electron chi connectivity index (χ1n) is 8.50. The Hall–Kier alpha value is -2.00. The molecule has 0 aliphatic carbocycles. The summed E-state index contributed by atoms with van der Waals surface area (Å²) in [4.78, 5) is 29.7. The van der Waals surface area contributed by atoms with E-state index in [-0.39, 0.29) is 18.4 Å². The van der Waals surface area contributed by atoms with Crippen molar-refractivity contribution in [2.45, 2.75) is 27.3 Å². The molecule has 0 unspecified atom stereocenters. The number of hydrogen-bond acceptors (Lipinski definition) is 4. The molecule has 0 N–H and O–H groups in total. The van der Waals surface area contributed by atoms with Crippen molar-refractivity contribution in [3.63, 3.8) is 0 Å². The molecule has 0 bridgehead atoms. The van der Waals surface area contributed by atoms with E-state index in [1.54, 1.807) is 17.6 Å². The molecule has 7 heteroatoms. The van der Waals surface area contributed by atoms with Crippen LogP contribution in [0.1, 0.15) is 28.4 Å². The second-order valence-corrected chi connectivity index (χ2v) is 8.24. The van der Waals surface area contributed by atoms with Crippen LogP contribution in [0.25, 0.3) is 10.2 Å². The van der Waals surface area contributed by atoms with Crippen LogP contribution in [0.2, 0.25) is 0 Å². The van der Waals surface area contributed by atoms with Crippen LogP contribution in [0.4, 0.5) is 0 Å². The standard InChI is InChI=1S/C20H19IN2O3S/c1-4-26-17(24)11-23-16-10-12(2)9-13(3)18(16)27-20(23)22-19(25)14-7-5-6-8-15(14)21/h5-10H,4,11H2,1-3H3. The summed E-state index contributed by atoms with van der Waals surface area (Å²) in [5.41, 5.74) is 3.62. The molecule has 1 heterocycles. The van der Waals surface area contributed by atoms with Crippen molar-refractivity contribution < 1.29 is 14.3 Å². The lowest BCUT2D eigenvalue weighted by Gasteiger charge is -2.06. The molecule has 3 rings (SSSR count). The van der Waals surface area contributed by atoms with Crippen molar-refractivity contribution in [2.75, 3.05) is 6.61 Å². The first-order chi connectivity index (χ1) is 12.9. The molecule has 0 saturated carbocycles. The predicted octanol–water partition coefficient (Wildman–Crippen LogP) is 4.23. The molecule has 0 atom stereocenters. The highest BCUT2D eigenvalue weighted by molar-refractivity contribution is 14.1. The number of aromatic nitrogens is 1. The summed E-state index contributed by atoms with van der Waals surface area (Å²) >= 11 is 3.54. The molecule has 5 nitrogen and oxygen atoms in total. The fraction of sp³-hybridized carbons (Fsp3) is 0.250. The average molecular weight is 494 g/mol. The predicted molar refractivity (Wildman–Crippen MR) is 115 cm³/mol. The van der Waals surface area contributed by atoms with E-state index in [0.29, 0.717) is 17.0 Å². The van der Waals surface area contributed by atoms with Gasteiger partial charge >= 0.3 is 5.97 Å². The molecular weight excluding hydrogens is 475 g/mol. The molecule has 27 heavy (non-hydrogen) atoms. The third-order valence-electron chi connectivity index (χ3n) is 4.01. The zero-order valence-corrected chi connectivity index (χ0v) is 18.3. The van der Waals surface area contributed by atoms with Crippen molar-refractivity contribution in [1.29, 1.82) is 0 Å². The quantitative estimate of drug-likeness (QED) is 0.403. The van der Waals surface area contributed by atoms with Crippen molar-refractivity contribution in [1.82, 2.24) is 4.57 Å². The van der Waals surface area contributed by atoms with Gasteiger partial charge in [-0.1, -0.05) is 29.5 Å². The highest BCUT2D eigenvalue weighted by atomic mass is 127. The molecule has 140 valence electrons. The zero-order chi connectivity index (χ0) is 19.6. The van der Waals surface area contributed by atoms with Crippen molar-refractivity contribution in [3.05, 3.63) is 61.5 Å². The minimum atomic E-state index is -0.348. The molecule has 3 aromatic rings. The number of hydrogen-bond donors (Lipinski definition) is 0. The van der Waals surface area contributed by atoms with Gasteiger partial charge in [-0.05, 0) is 72.7 Å². The number of carbonyl (C=O) groups is 2. The van der Waals surface area contributed by atoms with Crippen LogP contribution in [-0.2, 0) is 16.1 Å². The molecule has 0 radical (unpaired) electrons. The number of esters is 1. The number of halogens is 1. The van der Waals surface area contributed by atoms with Gasteiger partial charge in [0.1, 0.15) is 6.54 Å². The summed E-state index contributed by atoms with van der Waals surface area (Å²) in [5, 5.41) is 0. The van der Waals surface area contributed by atoms with Crippen LogP contribution in [-0.4, -0.2) is 23.1 Å². The Morgan fingerprint density at radius 1 is 1.22 bits per heavy atom. The monoisotopic (exact) mass is 494 g/mol. The molecule has 2 aromatic carbocycles. The maximum atomic E-state index is 12.7. The smallest absolute Gasteiger partial charge is 0.326 e. The molecule has 0 aliphatic rings. The SMILES string of the molecule is CCOC(=O)Cn1c(=NC(=O)c2ccccc2I)sc2c(C)cc(C)cc21. The zero-order valence-electron chi connectivity index (χ0n) is 15.3. The summed E-state index contributed by atoms with van der Waals surface area (Å²) in [6, 6.07) is 11.4. The first kappa shape index (κ1) is 19.8. The minimum Gasteiger partial charge on any atom is -0.465 e. The van der Waals surface area contributed by atoms with E-state index < -0.39 is 0 Å². The summed E-state index contributed by atoms with van der Waals surface area (Å²) in [7, 11) is 0. The van der Waals surface area contributed by atoms with Gasteiger partial charge < -0.3 is 9.30 Å². The van der Waals surface area contributed by atoms with Crippen molar-refractivity contribution >= 4 is 56.0 Å². The number of thiazole rings is 1. The van der Waals surface area contributed by atoms with Crippen LogP contribution in [0.3, 0.4) is 0 Å². The fourth-order valence-corrected chi connectivity index (χ4v) is 4.56. The Labute approximate surface area is 174 Å². The van der Waals surface area contributed by atoms with Gasteiger partial charge in [-0.3, -0.25) is 9.59 Å². The highest BCUT2D eigenvalue weighted by Gasteiger charge is 2.15. The molecule has 1 amide bonds. The van der Waals surface area contributed by atoms with Gasteiger partial charge in [0.25, 0.3) is 5.91 Å². The first-order valence-corrected chi connectivity index (χ1v) is 10.4. The highest BCUT2D eigenvalue weighted by Crippen LogP contribution is 2.24. The van der Waals surface area contributed by atoms with Crippen LogP contribution >= 0.6 is 33.9 Å². The Kier molecular flexibility index (Phi) is 6.11. The maximum absolute atomic E-state index is 12.7. The minimum absolute atomic E-state index is 0.0225. The van der Waals surface area contributed by atoms with Gasteiger partial charge in [0.05, 0.1) is 22.4 Å². The second kappa shape index (κ2) is 8.35. The van der Waals surface area contributed by atoms with E-state index >= 15 is 0 Å². The number of fused-ring (bicyclic) bond motifs is 1. The third kappa shape index (κ3) is 4.30. The van der Waals surface area contributed by atoms with Crippen LogP contribution in [0.15, 0.2) is 41.4 Å². The number of rotatable bonds is 4. The third-order valence-corrected chi connectivity index (χ3v) is 6.18. The second-order valence-electron chi connectivity index (χ2n) is 6.10. The number of benzene rings is 2. The van der Waals surface area contributed by atoms with Gasteiger partial charge in [-0.2, -0.15) is 4.99 Å². The van der Waals surface area contributed by atoms with Gasteiger partial charge in [0, 0.05) is 3.57 Å². The molecule has 0 aliphatic heterocycles. The lowest BCUT2D eigenvalue weighted by molar-refractivity contribution is -0.143. The summed E-state index contributed by atoms with van der Waals surface area (Å²) in [6.07, 6.45) is 0. The number of aryl methyl sites for hydroxylation is 2. The van der Waals surface area contributed by atoms with E-state index in [4.69, 9.17) is 4.74 Å². The normalized spacial score (nSPS) is 11.8. The van der Waals surface area contributed by atoms with Gasteiger partial charge in [0.2, 0.25) is 0 Å². The lowest BCUT2D eigenvalue weighted by atomic mass is 10.1. The van der Waals surface area contributed by atoms with Gasteiger partial charge in [-0.15, -0.1) is 0 Å². The maximum Gasteiger partial charge on any atom is 0.326 e. The van der Waals surface area contributed by atoms with Crippen molar-refractivity contribution in [2.24, 2.45) is 4.99 Å². The number of carbonyl (C=O) groups excluding carboxylic acids is 2. The topological polar surface area (TPSA) is 60.7 Å². The number of nitrogens with zero attached hydrogens (tertiary/aromatic N) is 2. The number of ether oxygens (including phenoxy) is 1. The van der Waals surface area contributed by atoms with Crippen molar-refractivity contribution in [3.8, 4) is 0 Å². The van der Waals surface area contributed by atoms with E-state index in [1.165, 1.54) is 11.3 Å². The molecule has 0 saturated heterocycles. The molecule has 0 fully saturated rings. The Bertz CT molecular complexity index is 1100. The van der Waals surface area contributed by atoms with E-state index in [1.807, 2.05) is 38.1 Å². The van der Waals surface area contributed by atoms with E-state index in [2.05, 4.69) is 33.6 Å². The van der Waals surface area contributed by atoms with Crippen LogP contribution in [0, 0.1) is 17.4 Å². The Morgan fingerprint density at radius 3 is 2.67 bits per heavy atom. The fourth-order valence-electron chi connectivity index (χ4n) is 2.87. The van der Waals surface area contributed by atoms with E-state index in [0.717, 1.165) is 24.9 Å². The largest absolute Gasteiger partial charge is 0.465 e. The molecule has 0 spiro atoms. The molecule has 1 aromatic heterocycles. The lowest BCUT2D eigenvalue weighted by Crippen LogP contribution is -2.23. The Balaban J connectivity index is 2.19. The van der Waals surface area contributed by atoms with Gasteiger partial charge in [-0.25, -0.2) is 0 Å². The summed E-state index contributed by atoms with van der Waals surface area (Å²) in [5.74, 6) is -0.668. The van der Waals surface area contributed by atoms with E-state index in [9.17, 15) is 9.59 Å². The Morgan fingerprint density at radius 2 is 1.96 bits per heavy atom. The summed E-state index contributed by atoms with van der Waals surface area (Å²) < 4.78 is 8.73. The average Bonchev–Trinajstić information content (AvgIpc) is 2.93. The van der Waals surface area contributed by atoms with Crippen LogP contribution in [0.5, 0.6) is 0 Å². The molecular formula is C20H19IN2O3S. The number of amides is 1.